The smallest absolute Gasteiger partial charge is 0.412 e. The first kappa shape index (κ1) is 13.2. The minimum atomic E-state index is -0.432. The Kier molecular flexibility index (Phi) is 3.30. The van der Waals surface area contributed by atoms with E-state index in [0.717, 1.165) is 0 Å². The summed E-state index contributed by atoms with van der Waals surface area (Å²) in [5.41, 5.74) is 0.411. The molecule has 2 aromatic rings. The van der Waals surface area contributed by atoms with Crippen molar-refractivity contribution in [2.24, 2.45) is 0 Å². The van der Waals surface area contributed by atoms with E-state index in [1.807, 2.05) is 20.8 Å². The van der Waals surface area contributed by atoms with Crippen molar-refractivity contribution in [3.63, 3.8) is 0 Å². The van der Waals surface area contributed by atoms with Crippen LogP contribution in [0.5, 0.6) is 0 Å². The summed E-state index contributed by atoms with van der Waals surface area (Å²) in [6.45, 7) is 5.93. The standard InChI is InChI=1S/C13H13Cl2NO2/c1-13(2,3)11-7-16(12(17)18-11)8-4-5-9(14)10(15)6-8/h4-7H,1-3H3. The molecule has 18 heavy (non-hydrogen) atoms. The molecule has 0 atom stereocenters. The Hall–Kier alpha value is -1.19. The van der Waals surface area contributed by atoms with Crippen molar-refractivity contribution in [3.05, 3.63) is 50.8 Å². The summed E-state index contributed by atoms with van der Waals surface area (Å²) >= 11 is 11.8. The minimum absolute atomic E-state index is 0.222. The molecule has 2 rings (SSSR count). The Bertz CT molecular complexity index is 635. The molecule has 0 radical (unpaired) electrons. The van der Waals surface area contributed by atoms with Gasteiger partial charge in [-0.25, -0.2) is 9.36 Å². The van der Waals surface area contributed by atoms with Crippen molar-refractivity contribution in [3.8, 4) is 5.69 Å². The first-order chi connectivity index (χ1) is 8.29. The molecule has 0 unspecified atom stereocenters. The van der Waals surface area contributed by atoms with Gasteiger partial charge in [-0.05, 0) is 18.2 Å². The topological polar surface area (TPSA) is 35.1 Å². The molecule has 0 aliphatic rings. The molecule has 0 bridgehead atoms. The molecule has 96 valence electrons. The Morgan fingerprint density at radius 2 is 1.83 bits per heavy atom. The van der Waals surface area contributed by atoms with Crippen LogP contribution in [0.1, 0.15) is 26.5 Å². The number of benzene rings is 1. The number of nitrogens with zero attached hydrogens (tertiary/aromatic N) is 1. The van der Waals surface area contributed by atoms with Gasteiger partial charge in [0.25, 0.3) is 0 Å². The SMILES string of the molecule is CC(C)(C)c1cn(-c2ccc(Cl)c(Cl)c2)c(=O)o1. The number of oxazole rings is 1. The quantitative estimate of drug-likeness (QED) is 0.793. The highest BCUT2D eigenvalue weighted by Crippen LogP contribution is 2.26. The highest BCUT2D eigenvalue weighted by atomic mass is 35.5. The summed E-state index contributed by atoms with van der Waals surface area (Å²) in [4.78, 5) is 11.8. The molecule has 1 aromatic heterocycles. The van der Waals surface area contributed by atoms with Gasteiger partial charge in [0.1, 0.15) is 5.76 Å². The first-order valence-corrected chi connectivity index (χ1v) is 6.23. The second-order valence-corrected chi connectivity index (χ2v) is 5.89. The van der Waals surface area contributed by atoms with E-state index < -0.39 is 5.76 Å². The lowest BCUT2D eigenvalue weighted by Crippen LogP contribution is -2.10. The maximum absolute atomic E-state index is 11.8. The van der Waals surface area contributed by atoms with E-state index in [1.54, 1.807) is 24.4 Å². The van der Waals surface area contributed by atoms with Gasteiger partial charge in [0.05, 0.1) is 21.9 Å². The lowest BCUT2D eigenvalue weighted by atomic mass is 9.94. The van der Waals surface area contributed by atoms with Crippen LogP contribution in [-0.2, 0) is 5.41 Å². The number of hydrogen-bond acceptors (Lipinski definition) is 2. The zero-order valence-electron chi connectivity index (χ0n) is 10.3. The molecule has 1 heterocycles. The van der Waals surface area contributed by atoms with Crippen molar-refractivity contribution in [2.75, 3.05) is 0 Å². The van der Waals surface area contributed by atoms with Crippen LogP contribution >= 0.6 is 23.2 Å². The van der Waals surface area contributed by atoms with E-state index in [0.29, 0.717) is 21.5 Å². The number of aromatic nitrogens is 1. The minimum Gasteiger partial charge on any atom is -0.412 e. The van der Waals surface area contributed by atoms with Crippen molar-refractivity contribution >= 4 is 23.2 Å². The number of rotatable bonds is 1. The third-order valence-electron chi connectivity index (χ3n) is 2.56. The summed E-state index contributed by atoms with van der Waals surface area (Å²) in [6, 6.07) is 5.00. The van der Waals surface area contributed by atoms with Crippen LogP contribution in [0.3, 0.4) is 0 Å². The fraction of sp³-hybridized carbons (Fsp3) is 0.308. The van der Waals surface area contributed by atoms with Crippen LogP contribution in [0.25, 0.3) is 5.69 Å². The van der Waals surface area contributed by atoms with Crippen molar-refractivity contribution in [2.45, 2.75) is 26.2 Å². The fourth-order valence-corrected chi connectivity index (χ4v) is 1.79. The Labute approximate surface area is 115 Å². The van der Waals surface area contributed by atoms with Gasteiger partial charge in [0.15, 0.2) is 0 Å². The normalized spacial score (nSPS) is 11.8. The molecule has 0 amide bonds. The lowest BCUT2D eigenvalue weighted by Gasteiger charge is -2.12. The zero-order chi connectivity index (χ0) is 13.5. The van der Waals surface area contributed by atoms with Gasteiger partial charge in [0.2, 0.25) is 0 Å². The Balaban J connectivity index is 2.55. The molecule has 0 saturated heterocycles. The van der Waals surface area contributed by atoms with Gasteiger partial charge in [-0.2, -0.15) is 0 Å². The van der Waals surface area contributed by atoms with Gasteiger partial charge < -0.3 is 4.42 Å². The van der Waals surface area contributed by atoms with Crippen molar-refractivity contribution in [1.82, 2.24) is 4.57 Å². The fourth-order valence-electron chi connectivity index (χ4n) is 1.50. The highest BCUT2D eigenvalue weighted by molar-refractivity contribution is 6.42. The summed E-state index contributed by atoms with van der Waals surface area (Å²) < 4.78 is 6.65. The van der Waals surface area contributed by atoms with E-state index in [-0.39, 0.29) is 5.41 Å². The monoisotopic (exact) mass is 285 g/mol. The molecule has 1 aromatic carbocycles. The second-order valence-electron chi connectivity index (χ2n) is 5.08. The third-order valence-corrected chi connectivity index (χ3v) is 3.30. The van der Waals surface area contributed by atoms with E-state index in [4.69, 9.17) is 27.6 Å². The van der Waals surface area contributed by atoms with Gasteiger partial charge >= 0.3 is 5.76 Å². The average molecular weight is 286 g/mol. The molecule has 0 fully saturated rings. The second kappa shape index (κ2) is 4.48. The van der Waals surface area contributed by atoms with Crippen LogP contribution in [0.4, 0.5) is 0 Å². The summed E-state index contributed by atoms with van der Waals surface area (Å²) in [7, 11) is 0. The van der Waals surface area contributed by atoms with Gasteiger partial charge in [0, 0.05) is 5.41 Å². The van der Waals surface area contributed by atoms with Crippen molar-refractivity contribution in [1.29, 1.82) is 0 Å². The lowest BCUT2D eigenvalue weighted by molar-refractivity contribution is 0.385. The Morgan fingerprint density at radius 3 is 2.33 bits per heavy atom. The number of halogens is 2. The third kappa shape index (κ3) is 2.47. The molecule has 0 aliphatic carbocycles. The van der Waals surface area contributed by atoms with Crippen LogP contribution in [-0.4, -0.2) is 4.57 Å². The van der Waals surface area contributed by atoms with Gasteiger partial charge in [-0.3, -0.25) is 0 Å². The molecule has 0 N–H and O–H groups in total. The largest absolute Gasteiger partial charge is 0.423 e. The average Bonchev–Trinajstić information content (AvgIpc) is 2.64. The predicted molar refractivity (Wildman–Crippen MR) is 73.0 cm³/mol. The molecular weight excluding hydrogens is 273 g/mol. The number of hydrogen-bond donors (Lipinski definition) is 0. The summed E-state index contributed by atoms with van der Waals surface area (Å²) in [5.74, 6) is 0.192. The molecule has 5 heteroatoms. The summed E-state index contributed by atoms with van der Waals surface area (Å²) in [5, 5.41) is 0.854. The molecule has 0 saturated carbocycles. The van der Waals surface area contributed by atoms with Crippen molar-refractivity contribution < 1.29 is 4.42 Å². The molecule has 0 spiro atoms. The molecule has 3 nitrogen and oxygen atoms in total. The van der Waals surface area contributed by atoms with Crippen LogP contribution < -0.4 is 5.76 Å². The zero-order valence-corrected chi connectivity index (χ0v) is 11.8. The summed E-state index contributed by atoms with van der Waals surface area (Å²) in [6.07, 6.45) is 1.68. The van der Waals surface area contributed by atoms with E-state index in [1.165, 1.54) is 4.57 Å². The van der Waals surface area contributed by atoms with Gasteiger partial charge in [-0.1, -0.05) is 44.0 Å². The van der Waals surface area contributed by atoms with Crippen LogP contribution in [0, 0.1) is 0 Å². The van der Waals surface area contributed by atoms with E-state index in [2.05, 4.69) is 0 Å². The highest BCUT2D eigenvalue weighted by Gasteiger charge is 2.20. The van der Waals surface area contributed by atoms with Crippen LogP contribution in [0.2, 0.25) is 10.0 Å². The molecular formula is C13H13Cl2NO2. The predicted octanol–water partition coefficient (Wildman–Crippen LogP) is 4.03. The first-order valence-electron chi connectivity index (χ1n) is 5.47. The maximum Gasteiger partial charge on any atom is 0.423 e. The van der Waals surface area contributed by atoms with Gasteiger partial charge in [-0.15, -0.1) is 0 Å². The van der Waals surface area contributed by atoms with E-state index in [9.17, 15) is 4.79 Å². The maximum atomic E-state index is 11.8. The molecule has 0 aliphatic heterocycles. The van der Waals surface area contributed by atoms with E-state index >= 15 is 0 Å². The van der Waals surface area contributed by atoms with Crippen LogP contribution in [0.15, 0.2) is 33.6 Å². The Morgan fingerprint density at radius 1 is 1.17 bits per heavy atom.